The Balaban J connectivity index is 2.04. The lowest BCUT2D eigenvalue weighted by Crippen LogP contribution is -2.55. The van der Waals surface area contributed by atoms with Crippen LogP contribution in [-0.2, 0) is 11.3 Å². The van der Waals surface area contributed by atoms with Crippen molar-refractivity contribution in [1.29, 1.82) is 0 Å². The highest BCUT2D eigenvalue weighted by atomic mass is 16.2. The van der Waals surface area contributed by atoms with Crippen molar-refractivity contribution in [2.45, 2.75) is 19.0 Å². The molecule has 1 amide bonds. The molecular formula is C12H18N4O. The van der Waals surface area contributed by atoms with Gasteiger partial charge in [-0.2, -0.15) is 0 Å². The lowest BCUT2D eigenvalue weighted by atomic mass is 10.1. The molecule has 92 valence electrons. The fraction of sp³-hybridized carbons (Fsp3) is 0.500. The molecule has 1 aliphatic heterocycles. The summed E-state index contributed by atoms with van der Waals surface area (Å²) in [4.78, 5) is 18.0. The van der Waals surface area contributed by atoms with E-state index in [0.29, 0.717) is 19.5 Å². The highest BCUT2D eigenvalue weighted by Crippen LogP contribution is 2.12. The summed E-state index contributed by atoms with van der Waals surface area (Å²) < 4.78 is 0. The number of carbonyl (C=O) groups is 1. The smallest absolute Gasteiger partial charge is 0.237 e. The maximum atomic E-state index is 11.8. The van der Waals surface area contributed by atoms with E-state index in [1.54, 1.807) is 6.20 Å². The summed E-state index contributed by atoms with van der Waals surface area (Å²) in [6, 6.07) is 3.84. The Morgan fingerprint density at radius 2 is 2.47 bits per heavy atom. The predicted octanol–water partition coefficient (Wildman–Crippen LogP) is -0.269. The van der Waals surface area contributed by atoms with Gasteiger partial charge in [-0.15, -0.1) is 0 Å². The SMILES string of the molecule is NCCC1C(=O)NCCN1Cc1cccnc1. The van der Waals surface area contributed by atoms with Crippen LogP contribution >= 0.6 is 0 Å². The third kappa shape index (κ3) is 3.01. The van der Waals surface area contributed by atoms with Crippen LogP contribution in [0.1, 0.15) is 12.0 Å². The summed E-state index contributed by atoms with van der Waals surface area (Å²) in [5.74, 6) is 0.0885. The first kappa shape index (κ1) is 12.0. The predicted molar refractivity (Wildman–Crippen MR) is 65.1 cm³/mol. The normalized spacial score (nSPS) is 21.2. The Labute approximate surface area is 101 Å². The van der Waals surface area contributed by atoms with Gasteiger partial charge in [0, 0.05) is 32.0 Å². The molecule has 0 bridgehead atoms. The molecule has 1 aromatic heterocycles. The lowest BCUT2D eigenvalue weighted by Gasteiger charge is -2.34. The van der Waals surface area contributed by atoms with Gasteiger partial charge in [0.25, 0.3) is 0 Å². The fourth-order valence-corrected chi connectivity index (χ4v) is 2.15. The molecular weight excluding hydrogens is 216 g/mol. The summed E-state index contributed by atoms with van der Waals surface area (Å²) >= 11 is 0. The second kappa shape index (κ2) is 5.75. The van der Waals surface area contributed by atoms with Crippen molar-refractivity contribution in [3.63, 3.8) is 0 Å². The third-order valence-corrected chi connectivity index (χ3v) is 2.99. The van der Waals surface area contributed by atoms with Crippen LogP contribution in [0.15, 0.2) is 24.5 Å². The molecule has 1 aromatic rings. The van der Waals surface area contributed by atoms with Crippen LogP contribution < -0.4 is 11.1 Å². The number of nitrogens with zero attached hydrogens (tertiary/aromatic N) is 2. The van der Waals surface area contributed by atoms with Crippen molar-refractivity contribution in [2.24, 2.45) is 5.73 Å². The monoisotopic (exact) mass is 234 g/mol. The average molecular weight is 234 g/mol. The Bertz CT molecular complexity index is 368. The fourth-order valence-electron chi connectivity index (χ4n) is 2.15. The first-order chi connectivity index (χ1) is 8.31. The first-order valence-corrected chi connectivity index (χ1v) is 5.92. The summed E-state index contributed by atoms with van der Waals surface area (Å²) in [6.07, 6.45) is 4.29. The van der Waals surface area contributed by atoms with Gasteiger partial charge in [-0.3, -0.25) is 14.7 Å². The highest BCUT2D eigenvalue weighted by molar-refractivity contribution is 5.82. The van der Waals surface area contributed by atoms with Gasteiger partial charge in [0.2, 0.25) is 5.91 Å². The zero-order valence-electron chi connectivity index (χ0n) is 9.80. The second-order valence-electron chi connectivity index (χ2n) is 4.22. The van der Waals surface area contributed by atoms with Crippen molar-refractivity contribution in [3.8, 4) is 0 Å². The van der Waals surface area contributed by atoms with Gasteiger partial charge >= 0.3 is 0 Å². The summed E-state index contributed by atoms with van der Waals surface area (Å²) in [6.45, 7) is 2.86. The number of pyridine rings is 1. The standard InChI is InChI=1S/C12H18N4O/c13-4-3-11-12(17)15-6-7-16(11)9-10-2-1-5-14-8-10/h1-2,5,8,11H,3-4,6-7,9,13H2,(H,15,17). The molecule has 1 fully saturated rings. The zero-order valence-corrected chi connectivity index (χ0v) is 9.80. The van der Waals surface area contributed by atoms with E-state index in [4.69, 9.17) is 5.73 Å². The summed E-state index contributed by atoms with van der Waals surface area (Å²) in [5.41, 5.74) is 6.69. The van der Waals surface area contributed by atoms with Gasteiger partial charge in [0.1, 0.15) is 0 Å². The largest absolute Gasteiger partial charge is 0.353 e. The van der Waals surface area contributed by atoms with Crippen LogP contribution in [0, 0.1) is 0 Å². The minimum absolute atomic E-state index is 0.0885. The number of nitrogens with one attached hydrogen (secondary N) is 1. The maximum absolute atomic E-state index is 11.8. The molecule has 0 aromatic carbocycles. The van der Waals surface area contributed by atoms with Crippen LogP contribution in [0.2, 0.25) is 0 Å². The molecule has 0 radical (unpaired) electrons. The Morgan fingerprint density at radius 1 is 1.59 bits per heavy atom. The molecule has 1 atom stereocenters. The molecule has 3 N–H and O–H groups in total. The molecule has 2 rings (SSSR count). The molecule has 5 heteroatoms. The molecule has 0 aliphatic carbocycles. The molecule has 1 unspecified atom stereocenters. The Hall–Kier alpha value is -1.46. The van der Waals surface area contributed by atoms with E-state index >= 15 is 0 Å². The van der Waals surface area contributed by atoms with Crippen LogP contribution in [0.5, 0.6) is 0 Å². The summed E-state index contributed by atoms with van der Waals surface area (Å²) in [5, 5.41) is 2.88. The van der Waals surface area contributed by atoms with E-state index in [1.165, 1.54) is 0 Å². The first-order valence-electron chi connectivity index (χ1n) is 5.92. The van der Waals surface area contributed by atoms with Crippen LogP contribution in [0.4, 0.5) is 0 Å². The van der Waals surface area contributed by atoms with Gasteiger partial charge < -0.3 is 11.1 Å². The van der Waals surface area contributed by atoms with E-state index in [-0.39, 0.29) is 11.9 Å². The average Bonchev–Trinajstić information content (AvgIpc) is 2.35. The summed E-state index contributed by atoms with van der Waals surface area (Å²) in [7, 11) is 0. The molecule has 5 nitrogen and oxygen atoms in total. The number of aromatic nitrogens is 1. The molecule has 1 aliphatic rings. The van der Waals surface area contributed by atoms with Crippen LogP contribution in [0.25, 0.3) is 0 Å². The zero-order chi connectivity index (χ0) is 12.1. The number of hydrogen-bond donors (Lipinski definition) is 2. The topological polar surface area (TPSA) is 71.2 Å². The number of nitrogens with two attached hydrogens (primary N) is 1. The quantitative estimate of drug-likeness (QED) is 0.752. The molecule has 17 heavy (non-hydrogen) atoms. The van der Waals surface area contributed by atoms with Gasteiger partial charge in [-0.25, -0.2) is 0 Å². The number of rotatable bonds is 4. The van der Waals surface area contributed by atoms with Crippen molar-refractivity contribution in [2.75, 3.05) is 19.6 Å². The van der Waals surface area contributed by atoms with E-state index in [9.17, 15) is 4.79 Å². The van der Waals surface area contributed by atoms with E-state index in [2.05, 4.69) is 15.2 Å². The van der Waals surface area contributed by atoms with Crippen LogP contribution in [-0.4, -0.2) is 41.5 Å². The lowest BCUT2D eigenvalue weighted by molar-refractivity contribution is -0.129. The maximum Gasteiger partial charge on any atom is 0.237 e. The number of carbonyl (C=O) groups excluding carboxylic acids is 1. The number of piperazine rings is 1. The Kier molecular flexibility index (Phi) is 4.06. The van der Waals surface area contributed by atoms with Gasteiger partial charge in [-0.1, -0.05) is 6.07 Å². The van der Waals surface area contributed by atoms with Crippen molar-refractivity contribution in [1.82, 2.24) is 15.2 Å². The molecule has 2 heterocycles. The van der Waals surface area contributed by atoms with Crippen molar-refractivity contribution < 1.29 is 4.79 Å². The third-order valence-electron chi connectivity index (χ3n) is 2.99. The van der Waals surface area contributed by atoms with Crippen molar-refractivity contribution >= 4 is 5.91 Å². The minimum atomic E-state index is -0.103. The van der Waals surface area contributed by atoms with Crippen LogP contribution in [0.3, 0.4) is 0 Å². The Morgan fingerprint density at radius 3 is 3.18 bits per heavy atom. The van der Waals surface area contributed by atoms with Gasteiger partial charge in [-0.05, 0) is 24.6 Å². The van der Waals surface area contributed by atoms with Crippen molar-refractivity contribution in [3.05, 3.63) is 30.1 Å². The number of amides is 1. The number of hydrogen-bond acceptors (Lipinski definition) is 4. The van der Waals surface area contributed by atoms with E-state index < -0.39 is 0 Å². The van der Waals surface area contributed by atoms with Gasteiger partial charge in [0.05, 0.1) is 6.04 Å². The molecule has 0 spiro atoms. The van der Waals surface area contributed by atoms with Gasteiger partial charge in [0.15, 0.2) is 0 Å². The highest BCUT2D eigenvalue weighted by Gasteiger charge is 2.28. The molecule has 0 saturated carbocycles. The van der Waals surface area contributed by atoms with E-state index in [0.717, 1.165) is 18.7 Å². The molecule has 1 saturated heterocycles. The second-order valence-corrected chi connectivity index (χ2v) is 4.22. The minimum Gasteiger partial charge on any atom is -0.353 e. The van der Waals surface area contributed by atoms with E-state index in [1.807, 2.05) is 18.3 Å².